The molecule has 0 saturated carbocycles. The zero-order valence-corrected chi connectivity index (χ0v) is 6.89. The fraction of sp³-hybridized carbons (Fsp3) is 0.222. The first-order valence-electron chi connectivity index (χ1n) is 3.56. The van der Waals surface area contributed by atoms with Crippen molar-refractivity contribution in [1.82, 2.24) is 10.2 Å². The van der Waals surface area contributed by atoms with Crippen molar-refractivity contribution in [2.45, 2.75) is 13.8 Å². The van der Waals surface area contributed by atoms with Gasteiger partial charge in [0.2, 0.25) is 0 Å². The van der Waals surface area contributed by atoms with Gasteiger partial charge in [0, 0.05) is 5.69 Å². The molecule has 1 aromatic rings. The van der Waals surface area contributed by atoms with Crippen molar-refractivity contribution in [3.63, 3.8) is 0 Å². The number of aromatic nitrogens is 2. The first kappa shape index (κ1) is 7.79. The van der Waals surface area contributed by atoms with Crippen LogP contribution in [0.4, 0.5) is 0 Å². The third kappa shape index (κ3) is 1.58. The molecule has 0 aliphatic heterocycles. The molecule has 0 amide bonds. The van der Waals surface area contributed by atoms with Crippen LogP contribution in [0.1, 0.15) is 17.0 Å². The number of aromatic amines is 1. The van der Waals surface area contributed by atoms with Crippen LogP contribution >= 0.6 is 0 Å². The number of hydrogen-bond donors (Lipinski definition) is 1. The van der Waals surface area contributed by atoms with Gasteiger partial charge in [-0.2, -0.15) is 5.10 Å². The summed E-state index contributed by atoms with van der Waals surface area (Å²) in [4.78, 5) is 0. The predicted molar refractivity (Wildman–Crippen MR) is 47.3 cm³/mol. The van der Waals surface area contributed by atoms with Crippen LogP contribution in [0, 0.1) is 13.8 Å². The number of H-pyrrole nitrogens is 1. The van der Waals surface area contributed by atoms with Crippen LogP contribution in [0.5, 0.6) is 0 Å². The number of aryl methyl sites for hydroxylation is 1. The van der Waals surface area contributed by atoms with Crippen molar-refractivity contribution < 1.29 is 0 Å². The predicted octanol–water partition coefficient (Wildman–Crippen LogP) is 2.23. The van der Waals surface area contributed by atoms with Gasteiger partial charge in [0.05, 0.1) is 5.69 Å². The van der Waals surface area contributed by atoms with Gasteiger partial charge >= 0.3 is 0 Å². The van der Waals surface area contributed by atoms with E-state index in [1.54, 1.807) is 6.08 Å². The van der Waals surface area contributed by atoms with Crippen LogP contribution in [-0.4, -0.2) is 10.2 Å². The minimum Gasteiger partial charge on any atom is -0.282 e. The Morgan fingerprint density at radius 2 is 2.18 bits per heavy atom. The number of rotatable bonds is 2. The van der Waals surface area contributed by atoms with E-state index >= 15 is 0 Å². The summed E-state index contributed by atoms with van der Waals surface area (Å²) in [5.74, 6) is 0. The first-order valence-corrected chi connectivity index (χ1v) is 3.56. The second-order valence-corrected chi connectivity index (χ2v) is 2.45. The Bertz CT molecular complexity index is 282. The highest BCUT2D eigenvalue weighted by Crippen LogP contribution is 2.09. The van der Waals surface area contributed by atoms with Gasteiger partial charge in [-0.3, -0.25) is 5.10 Å². The van der Waals surface area contributed by atoms with Crippen molar-refractivity contribution in [2.75, 3.05) is 0 Å². The summed E-state index contributed by atoms with van der Waals surface area (Å²) in [6.07, 6.45) is 5.55. The highest BCUT2D eigenvalue weighted by Gasteiger charge is 1.99. The van der Waals surface area contributed by atoms with E-state index in [4.69, 9.17) is 0 Å². The van der Waals surface area contributed by atoms with Crippen molar-refractivity contribution in [2.24, 2.45) is 0 Å². The van der Waals surface area contributed by atoms with Crippen molar-refractivity contribution >= 4 is 6.08 Å². The van der Waals surface area contributed by atoms with Gasteiger partial charge in [0.25, 0.3) is 0 Å². The quantitative estimate of drug-likeness (QED) is 0.640. The fourth-order valence-corrected chi connectivity index (χ4v) is 0.825. The van der Waals surface area contributed by atoms with E-state index < -0.39 is 0 Å². The number of nitrogens with one attached hydrogen (secondary N) is 1. The smallest absolute Gasteiger partial charge is 0.0880 e. The average molecular weight is 148 g/mol. The van der Waals surface area contributed by atoms with Gasteiger partial charge in [-0.05, 0) is 25.5 Å². The lowest BCUT2D eigenvalue weighted by atomic mass is 10.2. The Kier molecular flexibility index (Phi) is 2.26. The van der Waals surface area contributed by atoms with Crippen LogP contribution in [0.15, 0.2) is 18.7 Å². The van der Waals surface area contributed by atoms with Gasteiger partial charge in [0.1, 0.15) is 0 Å². The molecule has 0 radical (unpaired) electrons. The maximum Gasteiger partial charge on any atom is 0.0880 e. The Hall–Kier alpha value is -1.31. The van der Waals surface area contributed by atoms with Gasteiger partial charge in [-0.15, -0.1) is 0 Å². The molecule has 1 rings (SSSR count). The molecule has 0 aliphatic carbocycles. The summed E-state index contributed by atoms with van der Waals surface area (Å²) in [5.41, 5.74) is 3.30. The average Bonchev–Trinajstić information content (AvgIpc) is 2.31. The van der Waals surface area contributed by atoms with Gasteiger partial charge in [-0.25, -0.2) is 0 Å². The van der Waals surface area contributed by atoms with E-state index in [9.17, 15) is 0 Å². The SMILES string of the molecule is C=C/C=C\c1n[nH]c(C)c1C. The molecule has 0 spiro atoms. The minimum absolute atomic E-state index is 0.988. The summed E-state index contributed by atoms with van der Waals surface area (Å²) in [5, 5.41) is 7.00. The van der Waals surface area contributed by atoms with Crippen molar-refractivity contribution in [1.29, 1.82) is 0 Å². The molecule has 0 aromatic carbocycles. The first-order chi connectivity index (χ1) is 5.25. The Morgan fingerprint density at radius 1 is 1.45 bits per heavy atom. The van der Waals surface area contributed by atoms with Crippen molar-refractivity contribution in [3.8, 4) is 0 Å². The fourth-order valence-electron chi connectivity index (χ4n) is 0.825. The molecule has 58 valence electrons. The lowest BCUT2D eigenvalue weighted by Gasteiger charge is -1.86. The molecule has 1 heterocycles. The van der Waals surface area contributed by atoms with Crippen LogP contribution in [0.3, 0.4) is 0 Å². The molecule has 0 atom stereocenters. The normalized spacial score (nSPS) is 10.7. The Labute approximate surface area is 66.6 Å². The molecular weight excluding hydrogens is 136 g/mol. The molecule has 0 fully saturated rings. The van der Waals surface area contributed by atoms with Crippen molar-refractivity contribution in [3.05, 3.63) is 35.7 Å². The lowest BCUT2D eigenvalue weighted by Crippen LogP contribution is -1.75. The maximum atomic E-state index is 4.09. The topological polar surface area (TPSA) is 28.7 Å². The minimum atomic E-state index is 0.988. The molecular formula is C9H12N2. The van der Waals surface area contributed by atoms with Crippen LogP contribution in [0.2, 0.25) is 0 Å². The van der Waals surface area contributed by atoms with Gasteiger partial charge in [0.15, 0.2) is 0 Å². The Balaban J connectivity index is 2.95. The van der Waals surface area contributed by atoms with Gasteiger partial charge < -0.3 is 0 Å². The summed E-state index contributed by atoms with van der Waals surface area (Å²) < 4.78 is 0. The van der Waals surface area contributed by atoms with Gasteiger partial charge in [-0.1, -0.05) is 18.7 Å². The molecule has 1 N–H and O–H groups in total. The number of hydrogen-bond acceptors (Lipinski definition) is 1. The third-order valence-corrected chi connectivity index (χ3v) is 1.68. The summed E-state index contributed by atoms with van der Waals surface area (Å²) in [6, 6.07) is 0. The van der Waals surface area contributed by atoms with Crippen LogP contribution in [-0.2, 0) is 0 Å². The van der Waals surface area contributed by atoms with E-state index in [-0.39, 0.29) is 0 Å². The zero-order chi connectivity index (χ0) is 8.27. The number of nitrogens with zero attached hydrogens (tertiary/aromatic N) is 1. The van der Waals surface area contributed by atoms with E-state index in [2.05, 4.69) is 16.8 Å². The van der Waals surface area contributed by atoms with E-state index in [0.29, 0.717) is 0 Å². The molecule has 0 bridgehead atoms. The maximum absolute atomic E-state index is 4.09. The van der Waals surface area contributed by atoms with E-state index in [1.807, 2.05) is 26.0 Å². The monoisotopic (exact) mass is 148 g/mol. The van der Waals surface area contributed by atoms with Crippen LogP contribution < -0.4 is 0 Å². The zero-order valence-electron chi connectivity index (χ0n) is 6.89. The molecule has 2 heteroatoms. The second-order valence-electron chi connectivity index (χ2n) is 2.45. The standard InChI is InChI=1S/C9H12N2/c1-4-5-6-9-7(2)8(3)10-11-9/h4-6H,1H2,2-3H3,(H,10,11)/b6-5-. The molecule has 0 saturated heterocycles. The second kappa shape index (κ2) is 3.19. The molecule has 0 aliphatic rings. The highest BCUT2D eigenvalue weighted by molar-refractivity contribution is 5.51. The van der Waals surface area contributed by atoms with E-state index in [1.165, 1.54) is 5.56 Å². The largest absolute Gasteiger partial charge is 0.282 e. The Morgan fingerprint density at radius 3 is 2.64 bits per heavy atom. The lowest BCUT2D eigenvalue weighted by molar-refractivity contribution is 1.04. The molecule has 0 unspecified atom stereocenters. The summed E-state index contributed by atoms with van der Waals surface area (Å²) in [7, 11) is 0. The highest BCUT2D eigenvalue weighted by atomic mass is 15.1. The molecule has 2 nitrogen and oxygen atoms in total. The molecule has 1 aromatic heterocycles. The summed E-state index contributed by atoms with van der Waals surface area (Å²) in [6.45, 7) is 7.64. The summed E-state index contributed by atoms with van der Waals surface area (Å²) >= 11 is 0. The third-order valence-electron chi connectivity index (χ3n) is 1.68. The van der Waals surface area contributed by atoms with E-state index in [0.717, 1.165) is 11.4 Å². The molecule has 11 heavy (non-hydrogen) atoms. The van der Waals surface area contributed by atoms with Crippen LogP contribution in [0.25, 0.3) is 6.08 Å². The number of allylic oxidation sites excluding steroid dienone is 2.